The van der Waals surface area contributed by atoms with Crippen molar-refractivity contribution in [2.75, 3.05) is 31.1 Å². The summed E-state index contributed by atoms with van der Waals surface area (Å²) in [5, 5.41) is 12.1. The molecule has 2 amide bonds. The van der Waals surface area contributed by atoms with Crippen LogP contribution in [0.2, 0.25) is 0 Å². The lowest BCUT2D eigenvalue weighted by Gasteiger charge is -2.35. The number of nitrogens with zero attached hydrogens (tertiary/aromatic N) is 5. The van der Waals surface area contributed by atoms with Crippen LogP contribution in [0.15, 0.2) is 24.3 Å². The Hall–Kier alpha value is -2.74. The van der Waals surface area contributed by atoms with Crippen LogP contribution in [0.3, 0.4) is 0 Å². The molecule has 0 atom stereocenters. The largest absolute Gasteiger partial charge is 0.341 e. The molecule has 1 aromatic carbocycles. The van der Waals surface area contributed by atoms with E-state index in [-0.39, 0.29) is 18.4 Å². The number of carbonyl (C=O) groups is 2. The molecule has 0 spiro atoms. The van der Waals surface area contributed by atoms with E-state index >= 15 is 0 Å². The van der Waals surface area contributed by atoms with Crippen molar-refractivity contribution in [1.82, 2.24) is 25.0 Å². The number of aromatic nitrogens is 3. The van der Waals surface area contributed by atoms with Crippen LogP contribution in [0.1, 0.15) is 42.4 Å². The van der Waals surface area contributed by atoms with Crippen LogP contribution in [0, 0.1) is 0 Å². The second-order valence-corrected chi connectivity index (χ2v) is 8.07. The third-order valence-corrected chi connectivity index (χ3v) is 6.35. The van der Waals surface area contributed by atoms with Gasteiger partial charge in [0.2, 0.25) is 11.8 Å². The number of carbonyl (C=O) groups excluding carboxylic acids is 2. The van der Waals surface area contributed by atoms with Gasteiger partial charge in [0.05, 0.1) is 6.54 Å². The fraction of sp³-hybridized carbons (Fsp3) is 0.524. The molecule has 5 rings (SSSR count). The Balaban J connectivity index is 1.23. The zero-order chi connectivity index (χ0) is 19.8. The molecule has 2 aromatic rings. The zero-order valence-electron chi connectivity index (χ0n) is 16.5. The number of fused-ring (bicyclic) bond motifs is 2. The second-order valence-electron chi connectivity index (χ2n) is 8.07. The van der Waals surface area contributed by atoms with Gasteiger partial charge >= 0.3 is 0 Å². The van der Waals surface area contributed by atoms with Crippen molar-refractivity contribution in [3.63, 3.8) is 0 Å². The topological polar surface area (TPSA) is 83.4 Å². The van der Waals surface area contributed by atoms with Crippen LogP contribution in [0.4, 0.5) is 5.69 Å². The van der Waals surface area contributed by atoms with Gasteiger partial charge in [0.25, 0.3) is 0 Å². The van der Waals surface area contributed by atoms with E-state index in [0.717, 1.165) is 61.8 Å². The molecule has 29 heavy (non-hydrogen) atoms. The van der Waals surface area contributed by atoms with E-state index in [0.29, 0.717) is 25.4 Å². The number of para-hydroxylation sites is 1. The number of amides is 2. The molecule has 152 valence electrons. The van der Waals surface area contributed by atoms with Crippen molar-refractivity contribution in [3.8, 4) is 0 Å². The molecule has 4 heterocycles. The van der Waals surface area contributed by atoms with E-state index in [2.05, 4.69) is 20.1 Å². The van der Waals surface area contributed by atoms with Crippen LogP contribution in [0.25, 0.3) is 0 Å². The lowest BCUT2D eigenvalue weighted by atomic mass is 9.95. The maximum absolute atomic E-state index is 12.9. The average Bonchev–Trinajstić information content (AvgIpc) is 3.20. The molecule has 0 aliphatic carbocycles. The molecule has 1 saturated heterocycles. The Labute approximate surface area is 169 Å². The quantitative estimate of drug-likeness (QED) is 0.842. The molecule has 0 bridgehead atoms. The van der Waals surface area contributed by atoms with Crippen LogP contribution < -0.4 is 10.2 Å². The first kappa shape index (κ1) is 18.3. The first-order valence-electron chi connectivity index (χ1n) is 10.5. The lowest BCUT2D eigenvalue weighted by Crippen LogP contribution is -2.47. The summed E-state index contributed by atoms with van der Waals surface area (Å²) in [5.41, 5.74) is 2.03. The fourth-order valence-electron chi connectivity index (χ4n) is 4.71. The summed E-state index contributed by atoms with van der Waals surface area (Å²) in [7, 11) is 0. The fourth-order valence-corrected chi connectivity index (χ4v) is 4.71. The lowest BCUT2D eigenvalue weighted by molar-refractivity contribution is -0.132. The van der Waals surface area contributed by atoms with Gasteiger partial charge in [-0.3, -0.25) is 9.59 Å². The number of benzene rings is 1. The molecule has 1 fully saturated rings. The molecule has 3 aliphatic rings. The Morgan fingerprint density at radius 3 is 2.79 bits per heavy atom. The van der Waals surface area contributed by atoms with Gasteiger partial charge in [-0.2, -0.15) is 0 Å². The van der Waals surface area contributed by atoms with E-state index in [1.165, 1.54) is 0 Å². The van der Waals surface area contributed by atoms with Crippen molar-refractivity contribution in [2.24, 2.45) is 0 Å². The number of rotatable bonds is 3. The van der Waals surface area contributed by atoms with Gasteiger partial charge in [-0.25, -0.2) is 0 Å². The van der Waals surface area contributed by atoms with Crippen molar-refractivity contribution >= 4 is 17.5 Å². The predicted molar refractivity (Wildman–Crippen MR) is 107 cm³/mol. The highest BCUT2D eigenvalue weighted by Crippen LogP contribution is 2.30. The monoisotopic (exact) mass is 394 g/mol. The maximum atomic E-state index is 12.9. The highest BCUT2D eigenvalue weighted by Gasteiger charge is 2.31. The van der Waals surface area contributed by atoms with Gasteiger partial charge in [-0.1, -0.05) is 18.2 Å². The highest BCUT2D eigenvalue weighted by atomic mass is 16.2. The number of nitrogens with one attached hydrogen (secondary N) is 1. The predicted octanol–water partition coefficient (Wildman–Crippen LogP) is 1.07. The number of anilines is 1. The number of hydrogen-bond donors (Lipinski definition) is 1. The first-order chi connectivity index (χ1) is 14.2. The minimum absolute atomic E-state index is 0.0287. The summed E-state index contributed by atoms with van der Waals surface area (Å²) in [6.07, 6.45) is 3.01. The average molecular weight is 394 g/mol. The van der Waals surface area contributed by atoms with Gasteiger partial charge in [0.15, 0.2) is 0 Å². The molecule has 8 nitrogen and oxygen atoms in total. The molecule has 0 saturated carbocycles. The molecule has 3 aliphatic heterocycles. The molecular weight excluding hydrogens is 368 g/mol. The summed E-state index contributed by atoms with van der Waals surface area (Å²) < 4.78 is 2.24. The Morgan fingerprint density at radius 2 is 1.93 bits per heavy atom. The maximum Gasteiger partial charge on any atom is 0.242 e. The summed E-state index contributed by atoms with van der Waals surface area (Å²) in [4.78, 5) is 29.0. The third-order valence-electron chi connectivity index (χ3n) is 6.35. The van der Waals surface area contributed by atoms with Gasteiger partial charge in [-0.15, -0.1) is 10.2 Å². The number of hydrogen-bond acceptors (Lipinski definition) is 5. The second kappa shape index (κ2) is 7.59. The summed E-state index contributed by atoms with van der Waals surface area (Å²) in [5.74, 6) is 2.48. The van der Waals surface area contributed by atoms with Gasteiger partial charge < -0.3 is 19.7 Å². The summed E-state index contributed by atoms with van der Waals surface area (Å²) in [6.45, 7) is 4.16. The van der Waals surface area contributed by atoms with Crippen molar-refractivity contribution < 1.29 is 9.59 Å². The smallest absolute Gasteiger partial charge is 0.242 e. The standard InChI is InChI=1S/C21H26N6O2/c28-19-6-5-15-3-1-2-4-17(15)27(19)14-20(29)25-10-7-16(8-11-25)21-24-23-18-13-22-9-12-26(18)21/h1-4,16,22H,5-14H2. The van der Waals surface area contributed by atoms with Crippen LogP contribution in [-0.2, 0) is 29.1 Å². The minimum atomic E-state index is 0.0287. The van der Waals surface area contributed by atoms with E-state index in [1.807, 2.05) is 29.2 Å². The Bertz CT molecular complexity index is 931. The number of aryl methyl sites for hydroxylation is 1. The molecule has 0 unspecified atom stereocenters. The Kier molecular flexibility index (Phi) is 4.79. The minimum Gasteiger partial charge on any atom is -0.341 e. The zero-order valence-corrected chi connectivity index (χ0v) is 16.5. The van der Waals surface area contributed by atoms with Gasteiger partial charge in [-0.05, 0) is 30.9 Å². The van der Waals surface area contributed by atoms with Crippen LogP contribution in [-0.4, -0.2) is 57.7 Å². The van der Waals surface area contributed by atoms with E-state index in [1.54, 1.807) is 4.90 Å². The van der Waals surface area contributed by atoms with E-state index in [4.69, 9.17) is 0 Å². The highest BCUT2D eigenvalue weighted by molar-refractivity contribution is 6.01. The first-order valence-corrected chi connectivity index (χ1v) is 10.5. The van der Waals surface area contributed by atoms with Gasteiger partial charge in [0.1, 0.15) is 18.2 Å². The van der Waals surface area contributed by atoms with Crippen molar-refractivity contribution in [2.45, 2.75) is 44.7 Å². The third kappa shape index (κ3) is 3.42. The van der Waals surface area contributed by atoms with Crippen LogP contribution >= 0.6 is 0 Å². The normalized spacial score (nSPS) is 19.8. The molecule has 1 N–H and O–H groups in total. The summed E-state index contributed by atoms with van der Waals surface area (Å²) in [6, 6.07) is 7.89. The molecule has 8 heteroatoms. The molecule has 1 aromatic heterocycles. The molecule has 0 radical (unpaired) electrons. The van der Waals surface area contributed by atoms with E-state index < -0.39 is 0 Å². The Morgan fingerprint density at radius 1 is 1.10 bits per heavy atom. The van der Waals surface area contributed by atoms with Crippen molar-refractivity contribution in [1.29, 1.82) is 0 Å². The van der Waals surface area contributed by atoms with E-state index in [9.17, 15) is 9.59 Å². The van der Waals surface area contributed by atoms with Gasteiger partial charge in [0, 0.05) is 44.2 Å². The SMILES string of the molecule is O=C(CN1C(=O)CCc2ccccc21)N1CCC(c2nnc3n2CCNC3)CC1. The van der Waals surface area contributed by atoms with Crippen molar-refractivity contribution in [3.05, 3.63) is 41.5 Å². The number of piperidine rings is 1. The summed E-state index contributed by atoms with van der Waals surface area (Å²) >= 11 is 0. The number of likely N-dealkylation sites (tertiary alicyclic amines) is 1. The molecular formula is C21H26N6O2. The van der Waals surface area contributed by atoms with Crippen LogP contribution in [0.5, 0.6) is 0 Å².